The SMILES string of the molecule is Cc1cc(C(=O)O)cc(Nc2ccc(C)c(C)c2)n1. The Balaban J connectivity index is 2.32. The molecule has 0 aliphatic carbocycles. The first kappa shape index (κ1) is 13.1. The quantitative estimate of drug-likeness (QED) is 0.883. The zero-order valence-corrected chi connectivity index (χ0v) is 11.2. The molecular formula is C15H16N2O2. The summed E-state index contributed by atoms with van der Waals surface area (Å²) in [6.07, 6.45) is 0. The van der Waals surface area contributed by atoms with Gasteiger partial charge in [-0.1, -0.05) is 6.07 Å². The second-order valence-corrected chi connectivity index (χ2v) is 4.61. The summed E-state index contributed by atoms with van der Waals surface area (Å²) < 4.78 is 0. The van der Waals surface area contributed by atoms with Crippen molar-refractivity contribution in [2.24, 2.45) is 0 Å². The van der Waals surface area contributed by atoms with E-state index in [1.54, 1.807) is 13.0 Å². The molecule has 0 saturated carbocycles. The van der Waals surface area contributed by atoms with Crippen LogP contribution in [0.1, 0.15) is 27.2 Å². The Bertz CT molecular complexity index is 636. The van der Waals surface area contributed by atoms with Crippen molar-refractivity contribution in [3.05, 3.63) is 52.7 Å². The first-order chi connectivity index (χ1) is 8.95. The number of aromatic nitrogens is 1. The van der Waals surface area contributed by atoms with Crippen LogP contribution in [0.4, 0.5) is 11.5 Å². The molecule has 0 atom stereocenters. The summed E-state index contributed by atoms with van der Waals surface area (Å²) in [5, 5.41) is 12.2. The third kappa shape index (κ3) is 3.10. The molecule has 2 rings (SSSR count). The number of aryl methyl sites for hydroxylation is 3. The Kier molecular flexibility index (Phi) is 3.51. The molecule has 0 aliphatic rings. The molecule has 0 amide bonds. The molecule has 98 valence electrons. The second-order valence-electron chi connectivity index (χ2n) is 4.61. The van der Waals surface area contributed by atoms with Gasteiger partial charge in [0.25, 0.3) is 0 Å². The molecule has 0 aliphatic heterocycles. The molecule has 0 fully saturated rings. The number of rotatable bonds is 3. The highest BCUT2D eigenvalue weighted by atomic mass is 16.4. The molecule has 0 bridgehead atoms. The number of hydrogen-bond acceptors (Lipinski definition) is 3. The van der Waals surface area contributed by atoms with Gasteiger partial charge in [-0.15, -0.1) is 0 Å². The monoisotopic (exact) mass is 256 g/mol. The molecule has 2 N–H and O–H groups in total. The van der Waals surface area contributed by atoms with Crippen LogP contribution >= 0.6 is 0 Å². The van der Waals surface area contributed by atoms with E-state index in [2.05, 4.69) is 10.3 Å². The van der Waals surface area contributed by atoms with Crippen LogP contribution in [0.5, 0.6) is 0 Å². The fraction of sp³-hybridized carbons (Fsp3) is 0.200. The van der Waals surface area contributed by atoms with E-state index in [-0.39, 0.29) is 5.56 Å². The first-order valence-electron chi connectivity index (χ1n) is 6.02. The Morgan fingerprint density at radius 3 is 2.47 bits per heavy atom. The van der Waals surface area contributed by atoms with Crippen LogP contribution in [0.25, 0.3) is 0 Å². The maximum Gasteiger partial charge on any atom is 0.335 e. The van der Waals surface area contributed by atoms with Crippen LogP contribution in [-0.4, -0.2) is 16.1 Å². The maximum absolute atomic E-state index is 11.0. The number of nitrogens with one attached hydrogen (secondary N) is 1. The van der Waals surface area contributed by atoms with Crippen molar-refractivity contribution in [2.45, 2.75) is 20.8 Å². The molecule has 0 unspecified atom stereocenters. The molecule has 2 aromatic rings. The van der Waals surface area contributed by atoms with Crippen molar-refractivity contribution < 1.29 is 9.90 Å². The normalized spacial score (nSPS) is 10.3. The van der Waals surface area contributed by atoms with E-state index in [9.17, 15) is 4.79 Å². The zero-order valence-electron chi connectivity index (χ0n) is 11.2. The fourth-order valence-corrected chi connectivity index (χ4v) is 1.82. The van der Waals surface area contributed by atoms with E-state index in [1.807, 2.05) is 32.0 Å². The van der Waals surface area contributed by atoms with Crippen LogP contribution in [0.15, 0.2) is 30.3 Å². The molecule has 1 aromatic heterocycles. The summed E-state index contributed by atoms with van der Waals surface area (Å²) >= 11 is 0. The topological polar surface area (TPSA) is 62.2 Å². The number of pyridine rings is 1. The number of carboxylic acids is 1. The molecule has 0 radical (unpaired) electrons. The summed E-state index contributed by atoms with van der Waals surface area (Å²) in [4.78, 5) is 15.3. The summed E-state index contributed by atoms with van der Waals surface area (Å²) in [5.74, 6) is -0.408. The molecule has 0 spiro atoms. The van der Waals surface area contributed by atoms with Crippen molar-refractivity contribution in [1.29, 1.82) is 0 Å². The molecule has 1 aromatic carbocycles. The van der Waals surface area contributed by atoms with Crippen molar-refractivity contribution in [3.63, 3.8) is 0 Å². The smallest absolute Gasteiger partial charge is 0.335 e. The lowest BCUT2D eigenvalue weighted by molar-refractivity contribution is 0.0696. The predicted molar refractivity (Wildman–Crippen MR) is 75.1 cm³/mol. The van der Waals surface area contributed by atoms with E-state index in [0.29, 0.717) is 11.5 Å². The number of nitrogens with zero attached hydrogens (tertiary/aromatic N) is 1. The molecular weight excluding hydrogens is 240 g/mol. The van der Waals surface area contributed by atoms with Gasteiger partial charge in [-0.2, -0.15) is 0 Å². The third-order valence-electron chi connectivity index (χ3n) is 2.98. The Morgan fingerprint density at radius 2 is 1.84 bits per heavy atom. The number of carbonyl (C=O) groups is 1. The van der Waals surface area contributed by atoms with Crippen LogP contribution in [0, 0.1) is 20.8 Å². The Morgan fingerprint density at radius 1 is 1.11 bits per heavy atom. The van der Waals surface area contributed by atoms with Gasteiger partial charge in [0.05, 0.1) is 5.56 Å². The number of carboxylic acid groups (broad SMARTS) is 1. The van der Waals surface area contributed by atoms with Crippen LogP contribution < -0.4 is 5.32 Å². The number of hydrogen-bond donors (Lipinski definition) is 2. The van der Waals surface area contributed by atoms with Crippen molar-refractivity contribution in [3.8, 4) is 0 Å². The first-order valence-corrected chi connectivity index (χ1v) is 6.02. The van der Waals surface area contributed by atoms with Gasteiger partial charge in [0.1, 0.15) is 5.82 Å². The van der Waals surface area contributed by atoms with Gasteiger partial charge >= 0.3 is 5.97 Å². The van der Waals surface area contributed by atoms with Crippen LogP contribution in [-0.2, 0) is 0 Å². The molecule has 4 nitrogen and oxygen atoms in total. The van der Waals surface area contributed by atoms with E-state index in [0.717, 1.165) is 5.69 Å². The lowest BCUT2D eigenvalue weighted by Crippen LogP contribution is -2.02. The van der Waals surface area contributed by atoms with E-state index in [4.69, 9.17) is 5.11 Å². The summed E-state index contributed by atoms with van der Waals surface area (Å²) in [5.41, 5.74) is 4.20. The largest absolute Gasteiger partial charge is 0.478 e. The maximum atomic E-state index is 11.0. The average Bonchev–Trinajstić information content (AvgIpc) is 2.33. The minimum Gasteiger partial charge on any atom is -0.478 e. The van der Waals surface area contributed by atoms with Gasteiger partial charge in [-0.05, 0) is 56.2 Å². The molecule has 4 heteroatoms. The summed E-state index contributed by atoms with van der Waals surface area (Å²) in [7, 11) is 0. The predicted octanol–water partition coefficient (Wildman–Crippen LogP) is 3.45. The third-order valence-corrected chi connectivity index (χ3v) is 2.98. The Hall–Kier alpha value is -2.36. The highest BCUT2D eigenvalue weighted by molar-refractivity contribution is 5.88. The van der Waals surface area contributed by atoms with Crippen molar-refractivity contribution in [1.82, 2.24) is 4.98 Å². The molecule has 19 heavy (non-hydrogen) atoms. The second kappa shape index (κ2) is 5.10. The minimum atomic E-state index is -0.950. The summed E-state index contributed by atoms with van der Waals surface area (Å²) in [6, 6.07) is 9.07. The lowest BCUT2D eigenvalue weighted by atomic mass is 10.1. The Labute approximate surface area is 112 Å². The van der Waals surface area contributed by atoms with Gasteiger partial charge in [-0.3, -0.25) is 0 Å². The number of benzene rings is 1. The van der Waals surface area contributed by atoms with Gasteiger partial charge < -0.3 is 10.4 Å². The summed E-state index contributed by atoms with van der Waals surface area (Å²) in [6.45, 7) is 5.86. The molecule has 0 saturated heterocycles. The highest BCUT2D eigenvalue weighted by Gasteiger charge is 2.07. The number of aromatic carboxylic acids is 1. The minimum absolute atomic E-state index is 0.235. The molecule has 1 heterocycles. The van der Waals surface area contributed by atoms with E-state index >= 15 is 0 Å². The van der Waals surface area contributed by atoms with Gasteiger partial charge in [0.15, 0.2) is 0 Å². The fourth-order valence-electron chi connectivity index (χ4n) is 1.82. The van der Waals surface area contributed by atoms with E-state index in [1.165, 1.54) is 17.2 Å². The number of anilines is 2. The van der Waals surface area contributed by atoms with Crippen molar-refractivity contribution >= 4 is 17.5 Å². The van der Waals surface area contributed by atoms with E-state index < -0.39 is 5.97 Å². The van der Waals surface area contributed by atoms with Crippen LogP contribution in [0.2, 0.25) is 0 Å². The van der Waals surface area contributed by atoms with Crippen LogP contribution in [0.3, 0.4) is 0 Å². The average molecular weight is 256 g/mol. The van der Waals surface area contributed by atoms with Gasteiger partial charge in [0, 0.05) is 11.4 Å². The standard InChI is InChI=1S/C15H16N2O2/c1-9-4-5-13(6-10(9)2)17-14-8-12(15(18)19)7-11(3)16-14/h4-8H,1-3H3,(H,16,17)(H,18,19). The van der Waals surface area contributed by atoms with Crippen molar-refractivity contribution in [2.75, 3.05) is 5.32 Å². The lowest BCUT2D eigenvalue weighted by Gasteiger charge is -2.09. The zero-order chi connectivity index (χ0) is 14.0. The highest BCUT2D eigenvalue weighted by Crippen LogP contribution is 2.19. The van der Waals surface area contributed by atoms with Gasteiger partial charge in [-0.25, -0.2) is 9.78 Å². The van der Waals surface area contributed by atoms with Gasteiger partial charge in [0.2, 0.25) is 0 Å².